The molecule has 3 rings (SSSR count). The minimum atomic E-state index is -0.831. The van der Waals surface area contributed by atoms with Gasteiger partial charge in [0.1, 0.15) is 23.1 Å². The zero-order valence-corrected chi connectivity index (χ0v) is 16.3. The highest BCUT2D eigenvalue weighted by atomic mass is 32.2. The molecule has 28 heavy (non-hydrogen) atoms. The van der Waals surface area contributed by atoms with E-state index in [1.807, 2.05) is 24.3 Å². The molecule has 146 valence electrons. The Morgan fingerprint density at radius 2 is 1.82 bits per heavy atom. The molecule has 1 amide bonds. The van der Waals surface area contributed by atoms with Crippen LogP contribution >= 0.6 is 11.8 Å². The van der Waals surface area contributed by atoms with Crippen molar-refractivity contribution in [3.8, 4) is 17.1 Å². The van der Waals surface area contributed by atoms with Gasteiger partial charge in [-0.15, -0.1) is 10.2 Å². The van der Waals surface area contributed by atoms with Crippen molar-refractivity contribution in [2.45, 2.75) is 17.3 Å². The van der Waals surface area contributed by atoms with E-state index >= 15 is 0 Å². The number of ether oxygens (including phenoxy) is 1. The average molecular weight is 404 g/mol. The van der Waals surface area contributed by atoms with Crippen LogP contribution in [0.1, 0.15) is 6.92 Å². The second-order valence-corrected chi connectivity index (χ2v) is 7.22. The largest absolute Gasteiger partial charge is 0.496 e. The zero-order chi connectivity index (χ0) is 20.3. The number of amides is 1. The van der Waals surface area contributed by atoms with Gasteiger partial charge in [0.05, 0.1) is 17.9 Å². The number of thioether (sulfide) groups is 1. The summed E-state index contributed by atoms with van der Waals surface area (Å²) in [6.45, 7) is 1.62. The van der Waals surface area contributed by atoms with Gasteiger partial charge in [0.25, 0.3) is 0 Å². The van der Waals surface area contributed by atoms with Gasteiger partial charge in [-0.2, -0.15) is 0 Å². The third-order valence-corrected chi connectivity index (χ3v) is 5.18. The number of nitrogens with one attached hydrogen (secondary N) is 1. The van der Waals surface area contributed by atoms with Crippen LogP contribution in [0.5, 0.6) is 5.75 Å². The van der Waals surface area contributed by atoms with Gasteiger partial charge < -0.3 is 14.6 Å². The van der Waals surface area contributed by atoms with Crippen LogP contribution in [0, 0.1) is 11.6 Å². The Morgan fingerprint density at radius 3 is 2.50 bits per heavy atom. The van der Waals surface area contributed by atoms with Crippen LogP contribution in [-0.2, 0) is 11.8 Å². The Balaban J connectivity index is 1.77. The molecule has 0 saturated carbocycles. The van der Waals surface area contributed by atoms with Gasteiger partial charge >= 0.3 is 0 Å². The maximum Gasteiger partial charge on any atom is 0.237 e. The van der Waals surface area contributed by atoms with Crippen LogP contribution in [0.3, 0.4) is 0 Å². The lowest BCUT2D eigenvalue weighted by molar-refractivity contribution is -0.115. The summed E-state index contributed by atoms with van der Waals surface area (Å²) >= 11 is 1.13. The van der Waals surface area contributed by atoms with Crippen LogP contribution in [0.2, 0.25) is 0 Å². The van der Waals surface area contributed by atoms with Gasteiger partial charge in [-0.3, -0.25) is 4.79 Å². The molecule has 0 aliphatic carbocycles. The van der Waals surface area contributed by atoms with Crippen LogP contribution in [0.4, 0.5) is 14.5 Å². The molecule has 0 aliphatic heterocycles. The Hall–Kier alpha value is -2.94. The number of benzene rings is 2. The third-order valence-electron chi connectivity index (χ3n) is 4.05. The van der Waals surface area contributed by atoms with Crippen molar-refractivity contribution in [3.63, 3.8) is 0 Å². The van der Waals surface area contributed by atoms with Gasteiger partial charge in [0, 0.05) is 7.05 Å². The summed E-state index contributed by atoms with van der Waals surface area (Å²) in [5.74, 6) is -0.982. The number of hydrogen-bond donors (Lipinski definition) is 1. The fraction of sp³-hybridized carbons (Fsp3) is 0.211. The van der Waals surface area contributed by atoms with Gasteiger partial charge in [-0.05, 0) is 31.2 Å². The molecule has 6 nitrogen and oxygen atoms in total. The normalized spacial score (nSPS) is 11.9. The number of para-hydroxylation sites is 2. The number of carbonyl (C=O) groups excluding carboxylic acids is 1. The summed E-state index contributed by atoms with van der Waals surface area (Å²) < 4.78 is 34.5. The van der Waals surface area contributed by atoms with E-state index in [1.165, 1.54) is 6.07 Å². The fourth-order valence-corrected chi connectivity index (χ4v) is 3.35. The van der Waals surface area contributed by atoms with Crippen molar-refractivity contribution >= 4 is 23.4 Å². The molecular weight excluding hydrogens is 386 g/mol. The Morgan fingerprint density at radius 1 is 1.14 bits per heavy atom. The molecule has 3 aromatic rings. The first-order valence-corrected chi connectivity index (χ1v) is 9.24. The second kappa shape index (κ2) is 8.39. The lowest BCUT2D eigenvalue weighted by Gasteiger charge is -2.13. The molecule has 0 radical (unpaired) electrons. The Labute approximate surface area is 164 Å². The van der Waals surface area contributed by atoms with Crippen molar-refractivity contribution < 1.29 is 18.3 Å². The van der Waals surface area contributed by atoms with Crippen LogP contribution in [0.25, 0.3) is 11.4 Å². The molecule has 0 fully saturated rings. The summed E-state index contributed by atoms with van der Waals surface area (Å²) in [7, 11) is 3.34. The number of rotatable bonds is 6. The van der Waals surface area contributed by atoms with Crippen molar-refractivity contribution in [2.75, 3.05) is 12.4 Å². The first kappa shape index (κ1) is 19.8. The maximum atomic E-state index is 13.7. The molecule has 0 aliphatic rings. The standard InChI is InChI=1S/C19H18F2N4O2S/c1-11(18(26)22-16-13(20)8-6-9-14(16)21)28-19-24-23-17(25(19)2)12-7-4-5-10-15(12)27-3/h4-11H,1-3H3,(H,22,26)/t11-/m0/s1. The molecule has 9 heteroatoms. The molecule has 1 aromatic heterocycles. The summed E-state index contributed by atoms with van der Waals surface area (Å²) in [6, 6.07) is 10.8. The van der Waals surface area contributed by atoms with Gasteiger partial charge in [-0.1, -0.05) is 30.0 Å². The smallest absolute Gasteiger partial charge is 0.237 e. The van der Waals surface area contributed by atoms with Crippen molar-refractivity contribution in [2.24, 2.45) is 7.05 Å². The number of anilines is 1. The lowest BCUT2D eigenvalue weighted by Crippen LogP contribution is -2.24. The minimum Gasteiger partial charge on any atom is -0.496 e. The summed E-state index contributed by atoms with van der Waals surface area (Å²) in [6.07, 6.45) is 0. The Kier molecular flexibility index (Phi) is 5.93. The van der Waals surface area contributed by atoms with E-state index < -0.39 is 28.5 Å². The van der Waals surface area contributed by atoms with Gasteiger partial charge in [-0.25, -0.2) is 8.78 Å². The van der Waals surface area contributed by atoms with Gasteiger partial charge in [0.15, 0.2) is 11.0 Å². The van der Waals surface area contributed by atoms with E-state index in [0.717, 1.165) is 29.5 Å². The second-order valence-electron chi connectivity index (χ2n) is 5.91. The molecule has 1 heterocycles. The van der Waals surface area contributed by atoms with Crippen molar-refractivity contribution in [1.29, 1.82) is 0 Å². The van der Waals surface area contributed by atoms with Crippen LogP contribution in [-0.4, -0.2) is 33.0 Å². The first-order chi connectivity index (χ1) is 13.4. The highest BCUT2D eigenvalue weighted by molar-refractivity contribution is 8.00. The predicted molar refractivity (Wildman–Crippen MR) is 103 cm³/mol. The van der Waals surface area contributed by atoms with Crippen LogP contribution in [0.15, 0.2) is 47.6 Å². The molecule has 2 aromatic carbocycles. The van der Waals surface area contributed by atoms with Gasteiger partial charge in [0.2, 0.25) is 5.91 Å². The van der Waals surface area contributed by atoms with E-state index in [1.54, 1.807) is 25.6 Å². The predicted octanol–water partition coefficient (Wildman–Crippen LogP) is 3.89. The van der Waals surface area contributed by atoms with E-state index in [9.17, 15) is 13.6 Å². The number of hydrogen-bond acceptors (Lipinski definition) is 5. The number of methoxy groups -OCH3 is 1. The number of halogens is 2. The number of aromatic nitrogens is 3. The third kappa shape index (κ3) is 3.99. The number of nitrogens with zero attached hydrogens (tertiary/aromatic N) is 3. The monoisotopic (exact) mass is 404 g/mol. The molecule has 0 spiro atoms. The van der Waals surface area contributed by atoms with Crippen LogP contribution < -0.4 is 10.1 Å². The van der Waals surface area contributed by atoms with Crippen molar-refractivity contribution in [1.82, 2.24) is 14.8 Å². The van der Waals surface area contributed by atoms with E-state index in [0.29, 0.717) is 16.7 Å². The average Bonchev–Trinajstić information content (AvgIpc) is 3.04. The highest BCUT2D eigenvalue weighted by Crippen LogP contribution is 2.31. The Bertz CT molecular complexity index is 989. The molecule has 1 N–H and O–H groups in total. The molecule has 0 bridgehead atoms. The quantitative estimate of drug-likeness (QED) is 0.632. The molecular formula is C19H18F2N4O2S. The summed E-state index contributed by atoms with van der Waals surface area (Å²) in [5.41, 5.74) is 0.296. The molecule has 0 unspecified atom stereocenters. The zero-order valence-electron chi connectivity index (χ0n) is 15.4. The van der Waals surface area contributed by atoms with E-state index in [2.05, 4.69) is 15.5 Å². The maximum absolute atomic E-state index is 13.7. The SMILES string of the molecule is COc1ccccc1-c1nnc(S[C@@H](C)C(=O)Nc2c(F)cccc2F)n1C. The fourth-order valence-electron chi connectivity index (χ4n) is 2.54. The molecule has 1 atom stereocenters. The first-order valence-electron chi connectivity index (χ1n) is 8.36. The lowest BCUT2D eigenvalue weighted by atomic mass is 10.2. The van der Waals surface area contributed by atoms with Crippen molar-refractivity contribution in [3.05, 3.63) is 54.1 Å². The topological polar surface area (TPSA) is 69.0 Å². The van der Waals surface area contributed by atoms with E-state index in [4.69, 9.17) is 4.74 Å². The summed E-state index contributed by atoms with van der Waals surface area (Å²) in [5, 5.41) is 10.4. The number of carbonyl (C=O) groups is 1. The minimum absolute atomic E-state index is 0.465. The highest BCUT2D eigenvalue weighted by Gasteiger charge is 2.22. The summed E-state index contributed by atoms with van der Waals surface area (Å²) in [4.78, 5) is 12.4. The van der Waals surface area contributed by atoms with E-state index in [-0.39, 0.29) is 0 Å². The molecule has 0 saturated heterocycles.